The van der Waals surface area contributed by atoms with E-state index in [0.717, 1.165) is 6.54 Å². The van der Waals surface area contributed by atoms with Gasteiger partial charge in [0.2, 0.25) is 0 Å². The van der Waals surface area contributed by atoms with Crippen LogP contribution in [0.25, 0.3) is 0 Å². The number of unbranched alkanes of at least 4 members (excludes halogenated alkanes) is 11. The molecule has 0 saturated carbocycles. The number of hydrogen-bond acceptors (Lipinski definition) is 3. The fraction of sp³-hybridized carbons (Fsp3) is 1.00. The minimum atomic E-state index is 0.193. The Labute approximate surface area is 132 Å². The van der Waals surface area contributed by atoms with Gasteiger partial charge in [0.25, 0.3) is 0 Å². The molecule has 0 radical (unpaired) electrons. The normalized spacial score (nSPS) is 11.4. The van der Waals surface area contributed by atoms with Crippen LogP contribution in [0, 0.1) is 0 Å². The summed E-state index contributed by atoms with van der Waals surface area (Å²) in [6.45, 7) is 5.05. The lowest BCUT2D eigenvalue weighted by molar-refractivity contribution is 0.159. The molecule has 2 N–H and O–H groups in total. The van der Waals surface area contributed by atoms with E-state index < -0.39 is 0 Å². The molecular formula is C18H39NO2. The molecule has 0 aromatic rings. The molecule has 3 nitrogen and oxygen atoms in total. The van der Waals surface area contributed by atoms with Gasteiger partial charge in [0, 0.05) is 13.1 Å². The third-order valence-corrected chi connectivity index (χ3v) is 4.16. The molecule has 21 heavy (non-hydrogen) atoms. The van der Waals surface area contributed by atoms with Crippen molar-refractivity contribution in [3.05, 3.63) is 0 Å². The smallest absolute Gasteiger partial charge is 0.0558 e. The predicted octanol–water partition coefficient (Wildman–Crippen LogP) is 3.97. The Bertz CT molecular complexity index is 182. The topological polar surface area (TPSA) is 43.7 Å². The maximum absolute atomic E-state index is 8.93. The minimum absolute atomic E-state index is 0.193. The first-order chi connectivity index (χ1) is 10.3. The van der Waals surface area contributed by atoms with Gasteiger partial charge >= 0.3 is 0 Å². The van der Waals surface area contributed by atoms with Crippen LogP contribution in [0.1, 0.15) is 84.0 Å². The van der Waals surface area contributed by atoms with Crippen LogP contribution in [-0.2, 0) is 0 Å². The fourth-order valence-electron chi connectivity index (χ4n) is 2.79. The molecule has 0 fully saturated rings. The van der Waals surface area contributed by atoms with Crippen LogP contribution in [-0.4, -0.2) is 48.0 Å². The van der Waals surface area contributed by atoms with Crippen LogP contribution in [0.15, 0.2) is 0 Å². The Morgan fingerprint density at radius 1 is 0.524 bits per heavy atom. The van der Waals surface area contributed by atoms with Gasteiger partial charge in [-0.1, -0.05) is 77.6 Å². The van der Waals surface area contributed by atoms with Crippen LogP contribution in [0.5, 0.6) is 0 Å². The molecule has 0 spiro atoms. The van der Waals surface area contributed by atoms with Gasteiger partial charge in [-0.05, 0) is 13.0 Å². The van der Waals surface area contributed by atoms with Crippen molar-refractivity contribution in [3.8, 4) is 0 Å². The number of rotatable bonds is 17. The standard InChI is InChI=1S/C18H39NO2/c1-2-3-4-5-6-7-8-9-10-11-12-13-14-19(15-17-20)16-18-21/h20-21H,2-18H2,1H3. The van der Waals surface area contributed by atoms with Gasteiger partial charge in [0.1, 0.15) is 0 Å². The molecule has 0 aliphatic rings. The zero-order chi connectivity index (χ0) is 15.6. The number of aliphatic hydroxyl groups is 2. The summed E-state index contributed by atoms with van der Waals surface area (Å²) < 4.78 is 0. The highest BCUT2D eigenvalue weighted by atomic mass is 16.3. The van der Waals surface area contributed by atoms with Crippen molar-refractivity contribution < 1.29 is 10.2 Å². The second kappa shape index (κ2) is 17.9. The monoisotopic (exact) mass is 301 g/mol. The predicted molar refractivity (Wildman–Crippen MR) is 91.7 cm³/mol. The van der Waals surface area contributed by atoms with E-state index in [0.29, 0.717) is 13.1 Å². The van der Waals surface area contributed by atoms with Gasteiger partial charge in [0.05, 0.1) is 13.2 Å². The summed E-state index contributed by atoms with van der Waals surface area (Å²) in [5.74, 6) is 0. The van der Waals surface area contributed by atoms with Gasteiger partial charge in [-0.2, -0.15) is 0 Å². The molecular weight excluding hydrogens is 262 g/mol. The highest BCUT2D eigenvalue weighted by Gasteiger charge is 2.02. The van der Waals surface area contributed by atoms with Gasteiger partial charge in [-0.15, -0.1) is 0 Å². The molecule has 128 valence electrons. The van der Waals surface area contributed by atoms with Crippen molar-refractivity contribution >= 4 is 0 Å². The zero-order valence-corrected chi connectivity index (χ0v) is 14.4. The van der Waals surface area contributed by atoms with E-state index in [1.54, 1.807) is 0 Å². The van der Waals surface area contributed by atoms with Crippen molar-refractivity contribution in [2.24, 2.45) is 0 Å². The summed E-state index contributed by atoms with van der Waals surface area (Å²) in [7, 11) is 0. The summed E-state index contributed by atoms with van der Waals surface area (Å²) in [5, 5.41) is 17.9. The summed E-state index contributed by atoms with van der Waals surface area (Å²) >= 11 is 0. The lowest BCUT2D eigenvalue weighted by Crippen LogP contribution is -2.30. The van der Waals surface area contributed by atoms with Crippen molar-refractivity contribution in [1.82, 2.24) is 4.90 Å². The summed E-state index contributed by atoms with van der Waals surface area (Å²) in [5.41, 5.74) is 0. The molecule has 0 aliphatic heterocycles. The summed E-state index contributed by atoms with van der Waals surface area (Å²) in [6.07, 6.45) is 16.4. The Morgan fingerprint density at radius 2 is 0.905 bits per heavy atom. The molecule has 0 aromatic heterocycles. The van der Waals surface area contributed by atoms with Crippen molar-refractivity contribution in [3.63, 3.8) is 0 Å². The molecule has 0 heterocycles. The Balaban J connectivity index is 3.17. The Kier molecular flexibility index (Phi) is 17.8. The van der Waals surface area contributed by atoms with Crippen molar-refractivity contribution in [1.29, 1.82) is 0 Å². The van der Waals surface area contributed by atoms with Gasteiger partial charge < -0.3 is 10.2 Å². The van der Waals surface area contributed by atoms with E-state index in [2.05, 4.69) is 11.8 Å². The number of aliphatic hydroxyl groups excluding tert-OH is 2. The molecule has 0 aliphatic carbocycles. The zero-order valence-electron chi connectivity index (χ0n) is 14.4. The molecule has 3 heteroatoms. The van der Waals surface area contributed by atoms with E-state index in [-0.39, 0.29) is 13.2 Å². The lowest BCUT2D eigenvalue weighted by atomic mass is 10.1. The Hall–Kier alpha value is -0.120. The van der Waals surface area contributed by atoms with Gasteiger partial charge in [-0.25, -0.2) is 0 Å². The van der Waals surface area contributed by atoms with E-state index >= 15 is 0 Å². The van der Waals surface area contributed by atoms with Crippen molar-refractivity contribution in [2.75, 3.05) is 32.8 Å². The van der Waals surface area contributed by atoms with E-state index in [1.165, 1.54) is 77.0 Å². The summed E-state index contributed by atoms with van der Waals surface area (Å²) in [4.78, 5) is 2.15. The lowest BCUT2D eigenvalue weighted by Gasteiger charge is -2.19. The number of nitrogens with zero attached hydrogens (tertiary/aromatic N) is 1. The molecule has 0 unspecified atom stereocenters. The van der Waals surface area contributed by atoms with Crippen molar-refractivity contribution in [2.45, 2.75) is 84.0 Å². The van der Waals surface area contributed by atoms with E-state index in [9.17, 15) is 0 Å². The molecule has 0 aromatic carbocycles. The first-order valence-corrected chi connectivity index (χ1v) is 9.29. The molecule has 0 rings (SSSR count). The first-order valence-electron chi connectivity index (χ1n) is 9.29. The van der Waals surface area contributed by atoms with Gasteiger partial charge in [0.15, 0.2) is 0 Å². The van der Waals surface area contributed by atoms with Crippen LogP contribution in [0.4, 0.5) is 0 Å². The van der Waals surface area contributed by atoms with E-state index in [1.807, 2.05) is 0 Å². The average Bonchev–Trinajstić information content (AvgIpc) is 2.48. The SMILES string of the molecule is CCCCCCCCCCCCCCN(CCO)CCO. The van der Waals surface area contributed by atoms with Gasteiger partial charge in [-0.3, -0.25) is 4.90 Å². The fourth-order valence-corrected chi connectivity index (χ4v) is 2.79. The quantitative estimate of drug-likeness (QED) is 0.399. The molecule has 0 amide bonds. The largest absolute Gasteiger partial charge is 0.395 e. The van der Waals surface area contributed by atoms with Crippen LogP contribution >= 0.6 is 0 Å². The minimum Gasteiger partial charge on any atom is -0.395 e. The molecule has 0 bridgehead atoms. The Morgan fingerprint density at radius 3 is 1.29 bits per heavy atom. The summed E-state index contributed by atoms with van der Waals surface area (Å²) in [6, 6.07) is 0. The average molecular weight is 302 g/mol. The van der Waals surface area contributed by atoms with Crippen LogP contribution in [0.3, 0.4) is 0 Å². The highest BCUT2D eigenvalue weighted by Crippen LogP contribution is 2.12. The number of hydrogen-bond donors (Lipinski definition) is 2. The van der Waals surface area contributed by atoms with Crippen LogP contribution < -0.4 is 0 Å². The second-order valence-electron chi connectivity index (χ2n) is 6.18. The molecule has 0 atom stereocenters. The third kappa shape index (κ3) is 16.1. The van der Waals surface area contributed by atoms with Crippen LogP contribution in [0.2, 0.25) is 0 Å². The highest BCUT2D eigenvalue weighted by molar-refractivity contribution is 4.57. The third-order valence-electron chi connectivity index (χ3n) is 4.16. The molecule has 0 saturated heterocycles. The second-order valence-corrected chi connectivity index (χ2v) is 6.18. The maximum Gasteiger partial charge on any atom is 0.0558 e. The van der Waals surface area contributed by atoms with E-state index in [4.69, 9.17) is 10.2 Å². The first kappa shape index (κ1) is 20.9. The maximum atomic E-state index is 8.93.